The highest BCUT2D eigenvalue weighted by atomic mass is 16.4. The molecule has 0 spiro atoms. The number of fused-ring (bicyclic) bond motifs is 1. The number of benzene rings is 1. The summed E-state index contributed by atoms with van der Waals surface area (Å²) in [5.41, 5.74) is 12.9. The largest absolute Gasteiger partial charge is 0.481 e. The van der Waals surface area contributed by atoms with Crippen molar-refractivity contribution in [2.75, 3.05) is 0 Å². The number of aromatic amines is 1. The van der Waals surface area contributed by atoms with Crippen molar-refractivity contribution in [3.05, 3.63) is 36.0 Å². The molecule has 1 heterocycles. The third-order valence-electron chi connectivity index (χ3n) is 5.50. The van der Waals surface area contributed by atoms with Gasteiger partial charge in [-0.05, 0) is 31.4 Å². The van der Waals surface area contributed by atoms with Crippen LogP contribution in [0.25, 0.3) is 10.9 Å². The number of H-pyrrole nitrogens is 1. The molecule has 0 fully saturated rings. The molecule has 4 atom stereocenters. The Morgan fingerprint density at radius 1 is 0.946 bits per heavy atom. The molecule has 1 aromatic carbocycles. The minimum atomic E-state index is -1.52. The van der Waals surface area contributed by atoms with Crippen molar-refractivity contribution in [2.24, 2.45) is 11.5 Å². The van der Waals surface area contributed by atoms with Gasteiger partial charge >= 0.3 is 11.9 Å². The Labute approximate surface area is 211 Å². The molecular formula is C23H30N6O8. The molecule has 2 rings (SSSR count). The van der Waals surface area contributed by atoms with Gasteiger partial charge in [0.25, 0.3) is 0 Å². The van der Waals surface area contributed by atoms with Gasteiger partial charge in [-0.25, -0.2) is 0 Å². The Morgan fingerprint density at radius 2 is 1.57 bits per heavy atom. The van der Waals surface area contributed by atoms with Crippen molar-refractivity contribution in [1.29, 1.82) is 0 Å². The summed E-state index contributed by atoms with van der Waals surface area (Å²) in [4.78, 5) is 74.8. The number of carbonyl (C=O) groups is 6. The van der Waals surface area contributed by atoms with E-state index < -0.39 is 72.6 Å². The highest BCUT2D eigenvalue weighted by molar-refractivity contribution is 5.96. The fourth-order valence-corrected chi connectivity index (χ4v) is 3.50. The Balaban J connectivity index is 2.12. The number of rotatable bonds is 14. The number of carboxylic acids is 2. The Morgan fingerprint density at radius 3 is 2.19 bits per heavy atom. The van der Waals surface area contributed by atoms with Gasteiger partial charge < -0.3 is 42.6 Å². The molecule has 1 aromatic heterocycles. The normalized spacial score (nSPS) is 14.1. The van der Waals surface area contributed by atoms with Crippen LogP contribution in [0.4, 0.5) is 0 Å². The van der Waals surface area contributed by atoms with Gasteiger partial charge in [0.05, 0.1) is 12.5 Å². The molecule has 0 radical (unpaired) electrons. The molecule has 0 aliphatic rings. The van der Waals surface area contributed by atoms with Crippen molar-refractivity contribution in [3.8, 4) is 0 Å². The lowest BCUT2D eigenvalue weighted by Crippen LogP contribution is -2.57. The Kier molecular flexibility index (Phi) is 10.1. The van der Waals surface area contributed by atoms with E-state index in [4.69, 9.17) is 21.7 Å². The number of nitrogens with one attached hydrogen (secondary N) is 4. The summed E-state index contributed by atoms with van der Waals surface area (Å²) in [5, 5.41) is 25.6. The number of nitrogens with two attached hydrogens (primary N) is 2. The summed E-state index contributed by atoms with van der Waals surface area (Å²) in [5.74, 6) is -6.26. The van der Waals surface area contributed by atoms with Crippen LogP contribution in [0.15, 0.2) is 30.5 Å². The highest BCUT2D eigenvalue weighted by Gasteiger charge is 2.30. The van der Waals surface area contributed by atoms with Gasteiger partial charge in [-0.2, -0.15) is 0 Å². The average Bonchev–Trinajstić information content (AvgIpc) is 3.23. The van der Waals surface area contributed by atoms with Gasteiger partial charge in [-0.1, -0.05) is 18.2 Å². The number of carbonyl (C=O) groups excluding carboxylic acids is 4. The van der Waals surface area contributed by atoms with E-state index in [0.29, 0.717) is 0 Å². The molecule has 14 nitrogen and oxygen atoms in total. The standard InChI is InChI=1S/C23H30N6O8/c1-11(23(36)37)27-21(34)16(6-7-19(31)32)28-22(35)17(9-18(25)30)29-20(33)14(24)8-12-10-26-15-5-3-2-4-13(12)15/h2-5,10-11,14,16-17,26H,6-9,24H2,1H3,(H2,25,30)(H,27,34)(H,28,35)(H,29,33)(H,31,32)(H,36,37). The lowest BCUT2D eigenvalue weighted by Gasteiger charge is -2.24. The Bertz CT molecular complexity index is 1180. The lowest BCUT2D eigenvalue weighted by molar-refractivity contribution is -0.142. The van der Waals surface area contributed by atoms with Gasteiger partial charge in [0, 0.05) is 23.5 Å². The van der Waals surface area contributed by atoms with Gasteiger partial charge in [-0.3, -0.25) is 28.8 Å². The molecule has 2 aromatic rings. The molecule has 10 N–H and O–H groups in total. The summed E-state index contributed by atoms with van der Waals surface area (Å²) in [6.07, 6.45) is 0.279. The van der Waals surface area contributed by atoms with Gasteiger partial charge in [0.15, 0.2) is 0 Å². The fraction of sp³-hybridized carbons (Fsp3) is 0.391. The first-order valence-corrected chi connectivity index (χ1v) is 11.3. The number of hydrogen-bond acceptors (Lipinski definition) is 7. The average molecular weight is 519 g/mol. The number of para-hydroxylation sites is 1. The molecular weight excluding hydrogens is 488 g/mol. The van der Waals surface area contributed by atoms with Crippen LogP contribution in [0.3, 0.4) is 0 Å². The van der Waals surface area contributed by atoms with E-state index in [0.717, 1.165) is 16.5 Å². The van der Waals surface area contributed by atoms with Crippen molar-refractivity contribution in [3.63, 3.8) is 0 Å². The van der Waals surface area contributed by atoms with Crippen molar-refractivity contribution < 1.29 is 39.0 Å². The lowest BCUT2D eigenvalue weighted by atomic mass is 10.0. The van der Waals surface area contributed by atoms with E-state index in [-0.39, 0.29) is 12.8 Å². The van der Waals surface area contributed by atoms with Crippen LogP contribution in [0.5, 0.6) is 0 Å². The van der Waals surface area contributed by atoms with E-state index in [1.54, 1.807) is 6.20 Å². The minimum Gasteiger partial charge on any atom is -0.481 e. The van der Waals surface area contributed by atoms with Gasteiger partial charge in [0.1, 0.15) is 18.1 Å². The number of aliphatic carboxylic acids is 2. The molecule has 0 aliphatic carbocycles. The van der Waals surface area contributed by atoms with Crippen LogP contribution in [0, 0.1) is 0 Å². The van der Waals surface area contributed by atoms with E-state index in [1.165, 1.54) is 6.92 Å². The van der Waals surface area contributed by atoms with E-state index >= 15 is 0 Å². The molecule has 37 heavy (non-hydrogen) atoms. The number of carboxylic acid groups (broad SMARTS) is 2. The van der Waals surface area contributed by atoms with Crippen LogP contribution in [0.1, 0.15) is 31.7 Å². The SMILES string of the molecule is CC(NC(=O)C(CCC(=O)O)NC(=O)C(CC(N)=O)NC(=O)C(N)Cc1c[nH]c2ccccc12)C(=O)O. The molecule has 0 bridgehead atoms. The first kappa shape index (κ1) is 28.8. The first-order valence-electron chi connectivity index (χ1n) is 11.3. The van der Waals surface area contributed by atoms with Gasteiger partial charge in [-0.15, -0.1) is 0 Å². The maximum absolute atomic E-state index is 12.9. The number of primary amides is 1. The number of hydrogen-bond donors (Lipinski definition) is 8. The third-order valence-corrected chi connectivity index (χ3v) is 5.50. The van der Waals surface area contributed by atoms with Crippen molar-refractivity contribution in [2.45, 2.75) is 56.8 Å². The summed E-state index contributed by atoms with van der Waals surface area (Å²) in [6.45, 7) is 1.18. The third kappa shape index (κ3) is 8.61. The summed E-state index contributed by atoms with van der Waals surface area (Å²) < 4.78 is 0. The smallest absolute Gasteiger partial charge is 0.325 e. The fourth-order valence-electron chi connectivity index (χ4n) is 3.50. The van der Waals surface area contributed by atoms with E-state index in [2.05, 4.69) is 20.9 Å². The summed E-state index contributed by atoms with van der Waals surface area (Å²) in [6, 6.07) is 1.97. The maximum atomic E-state index is 12.9. The molecule has 14 heteroatoms. The van der Waals surface area contributed by atoms with E-state index in [9.17, 15) is 28.8 Å². The monoisotopic (exact) mass is 518 g/mol. The highest BCUT2D eigenvalue weighted by Crippen LogP contribution is 2.18. The number of amides is 4. The second-order valence-corrected chi connectivity index (χ2v) is 8.46. The molecule has 4 unspecified atom stereocenters. The quantitative estimate of drug-likeness (QED) is 0.142. The van der Waals surface area contributed by atoms with Crippen molar-refractivity contribution >= 4 is 46.5 Å². The minimum absolute atomic E-state index is 0.109. The van der Waals surface area contributed by atoms with Gasteiger partial charge in [0.2, 0.25) is 23.6 Å². The molecule has 0 saturated carbocycles. The molecule has 0 saturated heterocycles. The molecule has 200 valence electrons. The topological polar surface area (TPSA) is 247 Å². The molecule has 4 amide bonds. The van der Waals surface area contributed by atoms with Crippen LogP contribution < -0.4 is 27.4 Å². The summed E-state index contributed by atoms with van der Waals surface area (Å²) >= 11 is 0. The number of aromatic nitrogens is 1. The molecule has 0 aliphatic heterocycles. The zero-order chi connectivity index (χ0) is 27.7. The van der Waals surface area contributed by atoms with E-state index in [1.807, 2.05) is 24.3 Å². The van der Waals surface area contributed by atoms with Crippen LogP contribution in [-0.2, 0) is 35.2 Å². The summed E-state index contributed by atoms with van der Waals surface area (Å²) in [7, 11) is 0. The van der Waals surface area contributed by atoms with Crippen LogP contribution in [0.2, 0.25) is 0 Å². The second-order valence-electron chi connectivity index (χ2n) is 8.46. The van der Waals surface area contributed by atoms with Crippen molar-refractivity contribution in [1.82, 2.24) is 20.9 Å². The zero-order valence-corrected chi connectivity index (χ0v) is 20.0. The van der Waals surface area contributed by atoms with Crippen LogP contribution in [-0.4, -0.2) is 74.9 Å². The second kappa shape index (κ2) is 13.0. The predicted molar refractivity (Wildman–Crippen MR) is 130 cm³/mol. The first-order chi connectivity index (χ1) is 17.4. The Hall–Kier alpha value is -4.46. The van der Waals surface area contributed by atoms with Crippen LogP contribution >= 0.6 is 0 Å². The predicted octanol–water partition coefficient (Wildman–Crippen LogP) is -1.66. The zero-order valence-electron chi connectivity index (χ0n) is 20.0. The maximum Gasteiger partial charge on any atom is 0.325 e.